The molecule has 0 N–H and O–H groups in total. The van der Waals surface area contributed by atoms with Crippen molar-refractivity contribution in [2.24, 2.45) is 0 Å². The summed E-state index contributed by atoms with van der Waals surface area (Å²) in [4.78, 5) is 2.35. The van der Waals surface area contributed by atoms with Crippen LogP contribution in [0.4, 0.5) is 5.69 Å². The van der Waals surface area contributed by atoms with E-state index in [1.54, 1.807) is 0 Å². The number of nitriles is 1. The van der Waals surface area contributed by atoms with E-state index in [1.807, 2.05) is 12.1 Å². The Morgan fingerprint density at radius 1 is 1.47 bits per heavy atom. The van der Waals surface area contributed by atoms with Gasteiger partial charge in [-0.3, -0.25) is 0 Å². The van der Waals surface area contributed by atoms with Crippen LogP contribution in [0.25, 0.3) is 0 Å². The van der Waals surface area contributed by atoms with Gasteiger partial charge in [-0.25, -0.2) is 0 Å². The van der Waals surface area contributed by atoms with Crippen LogP contribution in [-0.2, 0) is 5.41 Å². The van der Waals surface area contributed by atoms with E-state index in [0.717, 1.165) is 24.5 Å². The fraction of sp³-hybridized carbons (Fsp3) is 0.500. The molecule has 1 aliphatic heterocycles. The van der Waals surface area contributed by atoms with Crippen molar-refractivity contribution in [2.75, 3.05) is 18.0 Å². The van der Waals surface area contributed by atoms with E-state index in [1.165, 1.54) is 11.3 Å². The predicted octanol–water partition coefficient (Wildman–Crippen LogP) is 3.74. The van der Waals surface area contributed by atoms with Crippen LogP contribution in [0.15, 0.2) is 18.2 Å². The molecule has 0 spiro atoms. The molecule has 0 aromatic heterocycles. The highest BCUT2D eigenvalue weighted by molar-refractivity contribution is 6.32. The quantitative estimate of drug-likeness (QED) is 0.762. The first-order chi connectivity index (χ1) is 8.06. The van der Waals surface area contributed by atoms with E-state index in [4.69, 9.17) is 16.9 Å². The summed E-state index contributed by atoms with van der Waals surface area (Å²) in [6.45, 7) is 6.37. The van der Waals surface area contributed by atoms with Gasteiger partial charge < -0.3 is 4.90 Å². The average molecular weight is 249 g/mol. The summed E-state index contributed by atoms with van der Waals surface area (Å²) in [6, 6.07) is 8.28. The van der Waals surface area contributed by atoms with Crippen LogP contribution in [0.5, 0.6) is 0 Å². The second kappa shape index (κ2) is 4.58. The molecule has 0 saturated heterocycles. The lowest BCUT2D eigenvalue weighted by Gasteiger charge is -2.22. The van der Waals surface area contributed by atoms with E-state index in [-0.39, 0.29) is 5.41 Å². The lowest BCUT2D eigenvalue weighted by Crippen LogP contribution is -2.29. The van der Waals surface area contributed by atoms with Gasteiger partial charge in [-0.15, -0.1) is 0 Å². The van der Waals surface area contributed by atoms with Crippen LogP contribution in [0.3, 0.4) is 0 Å². The Morgan fingerprint density at radius 3 is 2.94 bits per heavy atom. The lowest BCUT2D eigenvalue weighted by molar-refractivity contribution is 0.547. The molecule has 3 heteroatoms. The Morgan fingerprint density at radius 2 is 2.24 bits per heavy atom. The van der Waals surface area contributed by atoms with Gasteiger partial charge in [0.2, 0.25) is 0 Å². The van der Waals surface area contributed by atoms with Crippen LogP contribution < -0.4 is 4.90 Å². The maximum absolute atomic E-state index is 8.59. The minimum atomic E-state index is 0.0975. The predicted molar refractivity (Wildman–Crippen MR) is 71.5 cm³/mol. The molecule has 1 aromatic carbocycles. The van der Waals surface area contributed by atoms with Gasteiger partial charge in [0, 0.05) is 41.2 Å². The second-order valence-corrected chi connectivity index (χ2v) is 5.61. The average Bonchev–Trinajstić information content (AvgIpc) is 2.52. The number of benzene rings is 1. The first-order valence-electron chi connectivity index (χ1n) is 5.97. The van der Waals surface area contributed by atoms with Crippen LogP contribution in [0, 0.1) is 11.3 Å². The molecule has 0 atom stereocenters. The molecular weight excluding hydrogens is 232 g/mol. The van der Waals surface area contributed by atoms with Crippen molar-refractivity contribution in [1.29, 1.82) is 5.26 Å². The first kappa shape index (κ1) is 12.3. The fourth-order valence-electron chi connectivity index (χ4n) is 2.64. The summed E-state index contributed by atoms with van der Waals surface area (Å²) in [7, 11) is 0. The summed E-state index contributed by atoms with van der Waals surface area (Å²) in [5, 5.41) is 9.45. The molecule has 2 nitrogen and oxygen atoms in total. The number of fused-ring (bicyclic) bond motifs is 1. The minimum absolute atomic E-state index is 0.0975. The Kier molecular flexibility index (Phi) is 3.31. The van der Waals surface area contributed by atoms with Crippen molar-refractivity contribution in [3.05, 3.63) is 28.8 Å². The normalized spacial score (nSPS) is 16.7. The summed E-state index contributed by atoms with van der Waals surface area (Å²) < 4.78 is 0. The number of unbranched alkanes of at least 4 members (excludes halogenated alkanes) is 1. The Hall–Kier alpha value is -1.20. The lowest BCUT2D eigenvalue weighted by atomic mass is 9.87. The van der Waals surface area contributed by atoms with E-state index in [9.17, 15) is 0 Å². The molecule has 0 bridgehead atoms. The topological polar surface area (TPSA) is 27.0 Å². The van der Waals surface area contributed by atoms with Gasteiger partial charge >= 0.3 is 0 Å². The number of halogens is 1. The molecule has 0 unspecified atom stereocenters. The molecule has 0 aliphatic carbocycles. The number of nitrogens with zero attached hydrogens (tertiary/aromatic N) is 2. The Labute approximate surface area is 108 Å². The van der Waals surface area contributed by atoms with Crippen LogP contribution in [0.1, 0.15) is 32.3 Å². The van der Waals surface area contributed by atoms with E-state index in [0.29, 0.717) is 6.42 Å². The maximum Gasteiger partial charge on any atom is 0.0622 e. The largest absolute Gasteiger partial charge is 0.370 e. The number of hydrogen-bond donors (Lipinski definition) is 0. The summed E-state index contributed by atoms with van der Waals surface area (Å²) in [6.07, 6.45) is 1.53. The molecule has 0 amide bonds. The molecule has 2 rings (SSSR count). The standard InChI is InChI=1S/C14H17ClN2/c1-14(2)10-17(9-4-3-8-16)12-7-5-6-11(15)13(12)14/h5-7H,3-4,9-10H2,1-2H3. The highest BCUT2D eigenvalue weighted by Gasteiger charge is 2.36. The van der Waals surface area contributed by atoms with Gasteiger partial charge in [0.05, 0.1) is 6.07 Å². The van der Waals surface area contributed by atoms with Crippen molar-refractivity contribution >= 4 is 17.3 Å². The first-order valence-corrected chi connectivity index (χ1v) is 6.35. The van der Waals surface area contributed by atoms with Gasteiger partial charge in [-0.2, -0.15) is 5.26 Å². The van der Waals surface area contributed by atoms with Gasteiger partial charge in [0.25, 0.3) is 0 Å². The molecule has 90 valence electrons. The molecule has 1 aliphatic rings. The third-order valence-corrected chi connectivity index (χ3v) is 3.63. The van der Waals surface area contributed by atoms with Gasteiger partial charge in [-0.1, -0.05) is 31.5 Å². The zero-order chi connectivity index (χ0) is 12.5. The third kappa shape index (κ3) is 2.25. The Balaban J connectivity index is 2.26. The monoisotopic (exact) mass is 248 g/mol. The molecular formula is C14H17ClN2. The third-order valence-electron chi connectivity index (χ3n) is 3.31. The van der Waals surface area contributed by atoms with E-state index in [2.05, 4.69) is 30.9 Å². The van der Waals surface area contributed by atoms with Crippen molar-refractivity contribution in [3.8, 4) is 6.07 Å². The summed E-state index contributed by atoms with van der Waals surface area (Å²) in [5.41, 5.74) is 2.58. The van der Waals surface area contributed by atoms with Crippen molar-refractivity contribution in [3.63, 3.8) is 0 Å². The highest BCUT2D eigenvalue weighted by atomic mass is 35.5. The van der Waals surface area contributed by atoms with Crippen molar-refractivity contribution < 1.29 is 0 Å². The van der Waals surface area contributed by atoms with Gasteiger partial charge in [0.15, 0.2) is 0 Å². The number of anilines is 1. The van der Waals surface area contributed by atoms with Crippen LogP contribution in [-0.4, -0.2) is 13.1 Å². The SMILES string of the molecule is CC1(C)CN(CCCC#N)c2cccc(Cl)c21. The Bertz CT molecular complexity index is 460. The second-order valence-electron chi connectivity index (χ2n) is 5.20. The zero-order valence-corrected chi connectivity index (χ0v) is 11.1. The smallest absolute Gasteiger partial charge is 0.0622 e. The molecule has 17 heavy (non-hydrogen) atoms. The van der Waals surface area contributed by atoms with Gasteiger partial charge in [0.1, 0.15) is 0 Å². The minimum Gasteiger partial charge on any atom is -0.370 e. The maximum atomic E-state index is 8.59. The fourth-order valence-corrected chi connectivity index (χ4v) is 3.06. The number of hydrogen-bond acceptors (Lipinski definition) is 2. The number of rotatable bonds is 3. The van der Waals surface area contributed by atoms with E-state index < -0.39 is 0 Å². The van der Waals surface area contributed by atoms with Crippen LogP contribution >= 0.6 is 11.6 Å². The van der Waals surface area contributed by atoms with Crippen LogP contribution in [0.2, 0.25) is 5.02 Å². The molecule has 0 fully saturated rings. The van der Waals surface area contributed by atoms with Gasteiger partial charge in [-0.05, 0) is 18.6 Å². The molecule has 0 radical (unpaired) electrons. The molecule has 0 saturated carbocycles. The van der Waals surface area contributed by atoms with Crippen molar-refractivity contribution in [2.45, 2.75) is 32.1 Å². The zero-order valence-electron chi connectivity index (χ0n) is 10.3. The summed E-state index contributed by atoms with van der Waals surface area (Å²) >= 11 is 6.30. The molecule has 1 aromatic rings. The molecule has 1 heterocycles. The van der Waals surface area contributed by atoms with Crippen molar-refractivity contribution in [1.82, 2.24) is 0 Å². The van der Waals surface area contributed by atoms with E-state index >= 15 is 0 Å². The highest BCUT2D eigenvalue weighted by Crippen LogP contribution is 2.44. The summed E-state index contributed by atoms with van der Waals surface area (Å²) in [5.74, 6) is 0.